The van der Waals surface area contributed by atoms with E-state index in [4.69, 9.17) is 5.11 Å². The molecule has 158 valence electrons. The van der Waals surface area contributed by atoms with Crippen molar-refractivity contribution in [2.45, 2.75) is 123 Å². The maximum atomic E-state index is 11.8. The summed E-state index contributed by atoms with van der Waals surface area (Å²) in [6.07, 6.45) is 17.4. The normalized spacial score (nSPS) is 11.9. The summed E-state index contributed by atoms with van der Waals surface area (Å²) in [6.45, 7) is 3.66. The van der Waals surface area contributed by atoms with Gasteiger partial charge in [0.1, 0.15) is 11.8 Å². The average Bonchev–Trinajstić information content (AvgIpc) is 2.63. The topological polar surface area (TPSA) is 83.5 Å². The molecule has 0 radical (unpaired) electrons. The van der Waals surface area contributed by atoms with E-state index in [1.54, 1.807) is 0 Å². The lowest BCUT2D eigenvalue weighted by Gasteiger charge is -2.08. The Labute approximate surface area is 165 Å². The lowest BCUT2D eigenvalue weighted by atomic mass is 10.0. The molecule has 5 nitrogen and oxygen atoms in total. The molecule has 0 aromatic carbocycles. The Hall–Kier alpha value is -1.39. The Kier molecular flexibility index (Phi) is 17.1. The predicted molar refractivity (Wildman–Crippen MR) is 110 cm³/mol. The summed E-state index contributed by atoms with van der Waals surface area (Å²) >= 11 is 0. The van der Waals surface area contributed by atoms with Crippen molar-refractivity contribution in [3.8, 4) is 0 Å². The van der Waals surface area contributed by atoms with Crippen LogP contribution in [0.2, 0.25) is 0 Å². The van der Waals surface area contributed by atoms with Crippen LogP contribution in [0.1, 0.15) is 117 Å². The van der Waals surface area contributed by atoms with Crippen LogP contribution in [-0.4, -0.2) is 28.8 Å². The molecule has 0 spiro atoms. The molecule has 0 saturated heterocycles. The number of amides is 1. The molecule has 0 unspecified atom stereocenters. The summed E-state index contributed by atoms with van der Waals surface area (Å²) in [4.78, 5) is 33.9. The molecule has 1 amide bonds. The molecular formula is C22H41NO4. The van der Waals surface area contributed by atoms with Crippen molar-refractivity contribution in [2.75, 3.05) is 0 Å². The van der Waals surface area contributed by atoms with Crippen LogP contribution in [0.3, 0.4) is 0 Å². The van der Waals surface area contributed by atoms with E-state index >= 15 is 0 Å². The minimum Gasteiger partial charge on any atom is -0.480 e. The number of carboxylic acid groups (broad SMARTS) is 1. The Balaban J connectivity index is 3.36. The molecule has 0 bridgehead atoms. The van der Waals surface area contributed by atoms with E-state index in [-0.39, 0.29) is 24.5 Å². The number of unbranched alkanes of at least 4 members (excludes halogenated alkanes) is 12. The zero-order chi connectivity index (χ0) is 20.3. The number of carbonyl (C=O) groups is 3. The zero-order valence-corrected chi connectivity index (χ0v) is 17.6. The van der Waals surface area contributed by atoms with Gasteiger partial charge in [-0.15, -0.1) is 0 Å². The largest absolute Gasteiger partial charge is 0.480 e. The molecule has 0 fully saturated rings. The fraction of sp³-hybridized carbons (Fsp3) is 0.864. The molecule has 27 heavy (non-hydrogen) atoms. The molecule has 0 rings (SSSR count). The molecule has 5 heteroatoms. The molecule has 0 aliphatic rings. The second-order valence-corrected chi connectivity index (χ2v) is 7.66. The highest BCUT2D eigenvalue weighted by Gasteiger charge is 2.14. The fourth-order valence-electron chi connectivity index (χ4n) is 3.09. The van der Waals surface area contributed by atoms with Gasteiger partial charge in [-0.2, -0.15) is 0 Å². The van der Waals surface area contributed by atoms with E-state index in [9.17, 15) is 14.4 Å². The van der Waals surface area contributed by atoms with Crippen LogP contribution in [-0.2, 0) is 14.4 Å². The minimum absolute atomic E-state index is 0.0783. The molecule has 0 aliphatic carbocycles. The standard InChI is InChI=1S/C22H41NO4/c1-3-4-5-6-7-8-9-10-11-12-13-14-15-16-20(24)17-18-21(25)23-19(2)22(26)27/h19H,3-18H2,1-2H3,(H,23,25)(H,26,27)/t19-/m0/s1. The number of hydrogen-bond donors (Lipinski definition) is 2. The van der Waals surface area contributed by atoms with Gasteiger partial charge in [-0.25, -0.2) is 0 Å². The van der Waals surface area contributed by atoms with Crippen molar-refractivity contribution in [3.63, 3.8) is 0 Å². The first-order valence-corrected chi connectivity index (χ1v) is 11.0. The highest BCUT2D eigenvalue weighted by atomic mass is 16.4. The third kappa shape index (κ3) is 17.8. The number of ketones is 1. The Bertz CT molecular complexity index is 409. The van der Waals surface area contributed by atoms with Crippen molar-refractivity contribution >= 4 is 17.7 Å². The van der Waals surface area contributed by atoms with Crippen molar-refractivity contribution in [2.24, 2.45) is 0 Å². The van der Waals surface area contributed by atoms with Gasteiger partial charge in [-0.1, -0.05) is 84.0 Å². The molecule has 1 atom stereocenters. The van der Waals surface area contributed by atoms with Gasteiger partial charge in [0, 0.05) is 19.3 Å². The maximum Gasteiger partial charge on any atom is 0.325 e. The molecule has 0 saturated carbocycles. The van der Waals surface area contributed by atoms with Crippen molar-refractivity contribution < 1.29 is 19.5 Å². The lowest BCUT2D eigenvalue weighted by molar-refractivity contribution is -0.141. The van der Waals surface area contributed by atoms with E-state index in [2.05, 4.69) is 12.2 Å². The van der Waals surface area contributed by atoms with Crippen LogP contribution in [0, 0.1) is 0 Å². The quantitative estimate of drug-likeness (QED) is 0.292. The van der Waals surface area contributed by atoms with Crippen molar-refractivity contribution in [3.05, 3.63) is 0 Å². The van der Waals surface area contributed by atoms with Crippen molar-refractivity contribution in [1.29, 1.82) is 0 Å². The molecule has 0 aromatic rings. The number of nitrogens with one attached hydrogen (secondary N) is 1. The summed E-state index contributed by atoms with van der Waals surface area (Å²) in [5.41, 5.74) is 0. The van der Waals surface area contributed by atoms with Gasteiger partial charge in [-0.05, 0) is 13.3 Å². The summed E-state index contributed by atoms with van der Waals surface area (Å²) in [6, 6.07) is -0.909. The van der Waals surface area contributed by atoms with Gasteiger partial charge < -0.3 is 10.4 Å². The van der Waals surface area contributed by atoms with E-state index in [1.165, 1.54) is 77.6 Å². The van der Waals surface area contributed by atoms with E-state index in [0.717, 1.165) is 12.8 Å². The Morgan fingerprint density at radius 1 is 0.704 bits per heavy atom. The van der Waals surface area contributed by atoms with Gasteiger partial charge in [0.2, 0.25) is 5.91 Å². The van der Waals surface area contributed by atoms with Gasteiger partial charge in [-0.3, -0.25) is 14.4 Å². The van der Waals surface area contributed by atoms with Crippen LogP contribution in [0.25, 0.3) is 0 Å². The molecule has 2 N–H and O–H groups in total. The number of carbonyl (C=O) groups excluding carboxylic acids is 2. The van der Waals surface area contributed by atoms with E-state index < -0.39 is 12.0 Å². The summed E-state index contributed by atoms with van der Waals surface area (Å²) in [7, 11) is 0. The fourth-order valence-corrected chi connectivity index (χ4v) is 3.09. The summed E-state index contributed by atoms with van der Waals surface area (Å²) < 4.78 is 0. The smallest absolute Gasteiger partial charge is 0.325 e. The lowest BCUT2D eigenvalue weighted by Crippen LogP contribution is -2.38. The molecule has 0 aliphatic heterocycles. The van der Waals surface area contributed by atoms with Gasteiger partial charge >= 0.3 is 5.97 Å². The first-order chi connectivity index (χ1) is 13.0. The zero-order valence-electron chi connectivity index (χ0n) is 17.6. The second-order valence-electron chi connectivity index (χ2n) is 7.66. The number of carboxylic acids is 1. The van der Waals surface area contributed by atoms with Crippen LogP contribution in [0.4, 0.5) is 0 Å². The summed E-state index contributed by atoms with van der Waals surface area (Å²) in [5.74, 6) is -1.35. The average molecular weight is 384 g/mol. The van der Waals surface area contributed by atoms with Crippen LogP contribution in [0.15, 0.2) is 0 Å². The third-order valence-electron chi connectivity index (χ3n) is 4.94. The summed E-state index contributed by atoms with van der Waals surface area (Å²) in [5, 5.41) is 11.1. The third-order valence-corrected chi connectivity index (χ3v) is 4.94. The SMILES string of the molecule is CCCCCCCCCCCCCCCC(=O)CCC(=O)N[C@@H](C)C(=O)O. The number of Topliss-reactive ketones (excluding diaryl/α,β-unsaturated/α-hetero) is 1. The Morgan fingerprint density at radius 3 is 1.59 bits per heavy atom. The molecular weight excluding hydrogens is 342 g/mol. The van der Waals surface area contributed by atoms with Gasteiger partial charge in [0.25, 0.3) is 0 Å². The second kappa shape index (κ2) is 18.0. The van der Waals surface area contributed by atoms with Gasteiger partial charge in [0.05, 0.1) is 0 Å². The number of aliphatic carboxylic acids is 1. The number of rotatable bonds is 19. The molecule has 0 heterocycles. The van der Waals surface area contributed by atoms with Crippen LogP contribution in [0.5, 0.6) is 0 Å². The maximum absolute atomic E-state index is 11.8. The highest BCUT2D eigenvalue weighted by molar-refractivity contribution is 5.87. The predicted octanol–water partition coefficient (Wildman–Crippen LogP) is 5.41. The van der Waals surface area contributed by atoms with Gasteiger partial charge in [0.15, 0.2) is 0 Å². The first kappa shape index (κ1) is 25.6. The Morgan fingerprint density at radius 2 is 1.15 bits per heavy atom. The monoisotopic (exact) mass is 383 g/mol. The van der Waals surface area contributed by atoms with Crippen LogP contribution >= 0.6 is 0 Å². The minimum atomic E-state index is -1.07. The van der Waals surface area contributed by atoms with Crippen molar-refractivity contribution in [1.82, 2.24) is 5.32 Å². The molecule has 0 aromatic heterocycles. The first-order valence-electron chi connectivity index (χ1n) is 11.0. The number of hydrogen-bond acceptors (Lipinski definition) is 3. The highest BCUT2D eigenvalue weighted by Crippen LogP contribution is 2.13. The van der Waals surface area contributed by atoms with E-state index in [1.807, 2.05) is 0 Å². The van der Waals surface area contributed by atoms with Crippen LogP contribution < -0.4 is 5.32 Å². The van der Waals surface area contributed by atoms with E-state index in [0.29, 0.717) is 6.42 Å².